The number of pyridine rings is 1. The predicted molar refractivity (Wildman–Crippen MR) is 91.6 cm³/mol. The summed E-state index contributed by atoms with van der Waals surface area (Å²) in [4.78, 5) is 28.3. The van der Waals surface area contributed by atoms with E-state index < -0.39 is 5.97 Å². The number of rotatable bonds is 2. The smallest absolute Gasteiger partial charge is 0.308 e. The largest absolute Gasteiger partial charge is 0.492 e. The Morgan fingerprint density at radius 2 is 2.04 bits per heavy atom. The average Bonchev–Trinajstić information content (AvgIpc) is 2.62. The number of benzene rings is 1. The molecule has 4 rings (SSSR count). The molecule has 1 aliphatic heterocycles. The summed E-state index contributed by atoms with van der Waals surface area (Å²) in [5, 5.41) is 0. The molecule has 0 N–H and O–H groups in total. The Morgan fingerprint density at radius 3 is 2.80 bits per heavy atom. The molecule has 1 aromatic heterocycles. The highest BCUT2D eigenvalue weighted by Crippen LogP contribution is 2.39. The van der Waals surface area contributed by atoms with Gasteiger partial charge in [0.25, 0.3) is 0 Å². The molecule has 5 heteroatoms. The van der Waals surface area contributed by atoms with E-state index in [2.05, 4.69) is 4.98 Å². The molecule has 5 nitrogen and oxygen atoms in total. The van der Waals surface area contributed by atoms with Crippen molar-refractivity contribution in [3.63, 3.8) is 0 Å². The molecule has 0 saturated heterocycles. The average molecular weight is 333 g/mol. The summed E-state index contributed by atoms with van der Waals surface area (Å²) in [6.45, 7) is 1.32. The Labute approximate surface area is 144 Å². The van der Waals surface area contributed by atoms with Crippen molar-refractivity contribution in [2.75, 3.05) is 0 Å². The number of allylic oxidation sites excluding steroid dienone is 1. The third-order valence-electron chi connectivity index (χ3n) is 4.29. The predicted octanol–water partition coefficient (Wildman–Crippen LogP) is 3.13. The first-order valence-corrected chi connectivity index (χ1v) is 7.95. The van der Waals surface area contributed by atoms with Gasteiger partial charge in [0.15, 0.2) is 5.78 Å². The molecule has 2 unspecified atom stereocenters. The van der Waals surface area contributed by atoms with Crippen LogP contribution in [0.5, 0.6) is 5.75 Å². The Balaban J connectivity index is 1.67. The molecule has 1 aliphatic carbocycles. The van der Waals surface area contributed by atoms with Gasteiger partial charge in [0.2, 0.25) is 0 Å². The maximum absolute atomic E-state index is 13.1. The van der Waals surface area contributed by atoms with Gasteiger partial charge in [0.1, 0.15) is 11.9 Å². The van der Waals surface area contributed by atoms with Crippen LogP contribution in [0.4, 0.5) is 0 Å². The number of nitrogens with zero attached hydrogens (tertiary/aromatic N) is 1. The topological polar surface area (TPSA) is 65.5 Å². The number of hydrogen-bond donors (Lipinski definition) is 0. The molecular formula is C20H15NO4. The second-order valence-corrected chi connectivity index (χ2v) is 5.93. The van der Waals surface area contributed by atoms with Crippen LogP contribution >= 0.6 is 0 Å². The molecule has 0 amide bonds. The quantitative estimate of drug-likeness (QED) is 0.790. The van der Waals surface area contributed by atoms with Crippen LogP contribution in [0, 0.1) is 0 Å². The van der Waals surface area contributed by atoms with Gasteiger partial charge in [-0.15, -0.1) is 0 Å². The highest BCUT2D eigenvalue weighted by molar-refractivity contribution is 6.24. The molecule has 0 spiro atoms. The van der Waals surface area contributed by atoms with Crippen LogP contribution in [-0.4, -0.2) is 22.8 Å². The van der Waals surface area contributed by atoms with E-state index in [1.165, 1.54) is 19.4 Å². The van der Waals surface area contributed by atoms with Crippen molar-refractivity contribution in [1.82, 2.24) is 4.98 Å². The van der Waals surface area contributed by atoms with Crippen molar-refractivity contribution in [3.05, 3.63) is 71.8 Å². The lowest BCUT2D eigenvalue weighted by Gasteiger charge is -2.32. The summed E-state index contributed by atoms with van der Waals surface area (Å²) in [7, 11) is 0. The first kappa shape index (κ1) is 15.3. The van der Waals surface area contributed by atoms with Crippen LogP contribution in [0.2, 0.25) is 0 Å². The number of ketones is 1. The van der Waals surface area contributed by atoms with Gasteiger partial charge in [-0.05, 0) is 29.3 Å². The number of hydrogen-bond acceptors (Lipinski definition) is 5. The Morgan fingerprint density at radius 1 is 1.20 bits per heavy atom. The van der Waals surface area contributed by atoms with Gasteiger partial charge in [-0.2, -0.15) is 0 Å². The maximum Gasteiger partial charge on any atom is 0.308 e. The van der Waals surface area contributed by atoms with Crippen LogP contribution < -0.4 is 4.74 Å². The summed E-state index contributed by atoms with van der Waals surface area (Å²) in [5.74, 6) is -0.485. The highest BCUT2D eigenvalue weighted by Gasteiger charge is 2.38. The molecule has 2 aliphatic rings. The lowest BCUT2D eigenvalue weighted by molar-refractivity contribution is -0.131. The van der Waals surface area contributed by atoms with Crippen molar-refractivity contribution < 1.29 is 19.1 Å². The zero-order valence-corrected chi connectivity index (χ0v) is 13.5. The van der Waals surface area contributed by atoms with E-state index in [0.717, 1.165) is 11.1 Å². The lowest BCUT2D eigenvalue weighted by atomic mass is 9.78. The third kappa shape index (κ3) is 2.74. The SMILES string of the molecule is CC(=O)Oc1ccc(C2=COC3C=Cc4ccccc4C3C2=O)nc1. The number of carbonyl (C=O) groups excluding carboxylic acids is 2. The van der Waals surface area contributed by atoms with Crippen LogP contribution in [0.3, 0.4) is 0 Å². The van der Waals surface area contributed by atoms with Crippen molar-refractivity contribution in [2.45, 2.75) is 18.9 Å². The van der Waals surface area contributed by atoms with Gasteiger partial charge in [-0.25, -0.2) is 0 Å². The Hall–Kier alpha value is -3.21. The van der Waals surface area contributed by atoms with Crippen LogP contribution in [-0.2, 0) is 14.3 Å². The second-order valence-electron chi connectivity index (χ2n) is 5.93. The standard InChI is InChI=1S/C20H15NO4/c1-12(22)25-14-7-8-17(21-10-14)16-11-24-18-9-6-13-4-2-3-5-15(13)19(18)20(16)23/h2-11,18-19H,1H3. The van der Waals surface area contributed by atoms with Gasteiger partial charge >= 0.3 is 5.97 Å². The molecule has 124 valence electrons. The van der Waals surface area contributed by atoms with Gasteiger partial charge in [-0.3, -0.25) is 14.6 Å². The summed E-state index contributed by atoms with van der Waals surface area (Å²) in [6, 6.07) is 11.1. The fourth-order valence-corrected chi connectivity index (χ4v) is 3.17. The van der Waals surface area contributed by atoms with Crippen LogP contribution in [0.25, 0.3) is 11.6 Å². The fourth-order valence-electron chi connectivity index (χ4n) is 3.17. The lowest BCUT2D eigenvalue weighted by Crippen LogP contribution is -2.33. The molecule has 0 bridgehead atoms. The summed E-state index contributed by atoms with van der Waals surface area (Å²) < 4.78 is 10.7. The van der Waals surface area contributed by atoms with E-state index in [1.807, 2.05) is 36.4 Å². The first-order valence-electron chi connectivity index (χ1n) is 7.95. The van der Waals surface area contributed by atoms with Crippen molar-refractivity contribution >= 4 is 23.4 Å². The van der Waals surface area contributed by atoms with Crippen LogP contribution in [0.15, 0.2) is 54.9 Å². The molecule has 0 radical (unpaired) electrons. The van der Waals surface area contributed by atoms with Crippen molar-refractivity contribution in [2.24, 2.45) is 0 Å². The minimum absolute atomic E-state index is 0.0270. The summed E-state index contributed by atoms with van der Waals surface area (Å²) in [5.41, 5.74) is 2.90. The molecular weight excluding hydrogens is 318 g/mol. The fraction of sp³-hybridized carbons (Fsp3) is 0.150. The summed E-state index contributed by atoms with van der Waals surface area (Å²) in [6.07, 6.45) is 6.48. The van der Waals surface area contributed by atoms with Crippen molar-refractivity contribution in [1.29, 1.82) is 0 Å². The highest BCUT2D eigenvalue weighted by atomic mass is 16.5. The van der Waals surface area contributed by atoms with Gasteiger partial charge in [0, 0.05) is 6.92 Å². The van der Waals surface area contributed by atoms with E-state index >= 15 is 0 Å². The maximum atomic E-state index is 13.1. The van der Waals surface area contributed by atoms with Crippen molar-refractivity contribution in [3.8, 4) is 5.75 Å². The summed E-state index contributed by atoms with van der Waals surface area (Å²) >= 11 is 0. The molecule has 0 fully saturated rings. The molecule has 2 heterocycles. The Kier molecular flexibility index (Phi) is 3.69. The molecule has 0 saturated carbocycles. The normalized spacial score (nSPS) is 20.8. The van der Waals surface area contributed by atoms with E-state index in [4.69, 9.17) is 9.47 Å². The Bertz CT molecular complexity index is 912. The van der Waals surface area contributed by atoms with Gasteiger partial charge < -0.3 is 9.47 Å². The molecule has 2 atom stereocenters. The van der Waals surface area contributed by atoms with Gasteiger partial charge in [-0.1, -0.05) is 30.3 Å². The molecule has 1 aromatic carbocycles. The number of ether oxygens (including phenoxy) is 2. The second kappa shape index (κ2) is 6.02. The number of carbonyl (C=O) groups is 2. The number of fused-ring (bicyclic) bond motifs is 3. The zero-order chi connectivity index (χ0) is 17.4. The number of aromatic nitrogens is 1. The third-order valence-corrected chi connectivity index (χ3v) is 4.29. The minimum atomic E-state index is -0.417. The number of Topliss-reactive ketones (excluding diaryl/α,β-unsaturated/α-hetero) is 1. The monoisotopic (exact) mass is 333 g/mol. The first-order chi connectivity index (χ1) is 12.1. The molecule has 2 aromatic rings. The molecule has 25 heavy (non-hydrogen) atoms. The van der Waals surface area contributed by atoms with Crippen LogP contribution in [0.1, 0.15) is 29.7 Å². The number of esters is 1. The minimum Gasteiger partial charge on any atom is -0.492 e. The zero-order valence-electron chi connectivity index (χ0n) is 13.5. The van der Waals surface area contributed by atoms with E-state index in [0.29, 0.717) is 17.0 Å². The van der Waals surface area contributed by atoms with E-state index in [9.17, 15) is 9.59 Å². The van der Waals surface area contributed by atoms with E-state index in [-0.39, 0.29) is 17.8 Å². The van der Waals surface area contributed by atoms with E-state index in [1.54, 1.807) is 12.1 Å². The van der Waals surface area contributed by atoms with Gasteiger partial charge in [0.05, 0.1) is 29.6 Å².